The van der Waals surface area contributed by atoms with E-state index in [0.29, 0.717) is 27.5 Å². The number of carbonyl (C=O) groups is 2. The van der Waals surface area contributed by atoms with Crippen LogP contribution in [0.2, 0.25) is 0 Å². The quantitative estimate of drug-likeness (QED) is 0.687. The number of hydrogen-bond donors (Lipinski definition) is 1. The lowest BCUT2D eigenvalue weighted by atomic mass is 10.1. The van der Waals surface area contributed by atoms with E-state index in [4.69, 9.17) is 19.9 Å². The zero-order valence-electron chi connectivity index (χ0n) is 14.1. The Balaban J connectivity index is 1.91. The molecule has 0 fully saturated rings. The van der Waals surface area contributed by atoms with Gasteiger partial charge in [-0.2, -0.15) is 0 Å². The van der Waals surface area contributed by atoms with Crippen molar-refractivity contribution < 1.29 is 23.8 Å². The van der Waals surface area contributed by atoms with Crippen molar-refractivity contribution in [2.24, 2.45) is 0 Å². The highest BCUT2D eigenvalue weighted by molar-refractivity contribution is 7.22. The summed E-state index contributed by atoms with van der Waals surface area (Å²) in [5, 5.41) is 0.375. The lowest BCUT2D eigenvalue weighted by Gasteiger charge is -2.09. The minimum Gasteiger partial charge on any atom is -0.487 e. The number of thiazole rings is 1. The van der Waals surface area contributed by atoms with E-state index in [9.17, 15) is 9.59 Å². The SMILES string of the molecule is COC(=O)c1cccc(COc2cc(C(=O)OC)cc3sc(N)nc23)c1. The van der Waals surface area contributed by atoms with Crippen LogP contribution in [0.25, 0.3) is 10.2 Å². The molecule has 0 bridgehead atoms. The van der Waals surface area contributed by atoms with E-state index in [0.717, 1.165) is 10.3 Å². The summed E-state index contributed by atoms with van der Waals surface area (Å²) in [5.74, 6) is -0.482. The van der Waals surface area contributed by atoms with E-state index >= 15 is 0 Å². The molecule has 3 aromatic rings. The number of fused-ring (bicyclic) bond motifs is 1. The summed E-state index contributed by atoms with van der Waals surface area (Å²) in [5.41, 5.74) is 7.90. The number of rotatable bonds is 5. The van der Waals surface area contributed by atoms with Gasteiger partial charge in [-0.15, -0.1) is 0 Å². The first kappa shape index (κ1) is 17.7. The summed E-state index contributed by atoms with van der Waals surface area (Å²) >= 11 is 1.26. The molecule has 0 aliphatic rings. The van der Waals surface area contributed by atoms with Crippen LogP contribution in [0.4, 0.5) is 5.13 Å². The maximum absolute atomic E-state index is 11.9. The number of anilines is 1. The molecule has 26 heavy (non-hydrogen) atoms. The summed E-state index contributed by atoms with van der Waals surface area (Å²) in [4.78, 5) is 27.8. The highest BCUT2D eigenvalue weighted by Crippen LogP contribution is 2.33. The first-order chi connectivity index (χ1) is 12.5. The second-order valence-corrected chi connectivity index (χ2v) is 6.41. The third kappa shape index (κ3) is 3.60. The van der Waals surface area contributed by atoms with Crippen LogP contribution in [-0.4, -0.2) is 31.1 Å². The third-order valence-electron chi connectivity index (χ3n) is 3.64. The summed E-state index contributed by atoms with van der Waals surface area (Å²) in [7, 11) is 2.64. The highest BCUT2D eigenvalue weighted by atomic mass is 32.1. The van der Waals surface area contributed by atoms with Gasteiger partial charge in [0.05, 0.1) is 30.0 Å². The second kappa shape index (κ2) is 7.40. The van der Waals surface area contributed by atoms with Gasteiger partial charge in [0.2, 0.25) is 0 Å². The standard InChI is InChI=1S/C18H16N2O5S/c1-23-16(21)11-5-3-4-10(6-11)9-25-13-7-12(17(22)24-2)8-14-15(13)20-18(19)26-14/h3-8H,9H2,1-2H3,(H2,19,20). The Hall–Kier alpha value is -3.13. The van der Waals surface area contributed by atoms with Crippen molar-refractivity contribution in [3.8, 4) is 5.75 Å². The number of benzene rings is 2. The van der Waals surface area contributed by atoms with Crippen LogP contribution in [0.3, 0.4) is 0 Å². The Labute approximate surface area is 153 Å². The van der Waals surface area contributed by atoms with Gasteiger partial charge in [0, 0.05) is 0 Å². The molecule has 0 unspecified atom stereocenters. The fourth-order valence-corrected chi connectivity index (χ4v) is 3.22. The minimum absolute atomic E-state index is 0.183. The predicted molar refractivity (Wildman–Crippen MR) is 97.5 cm³/mol. The molecule has 0 aliphatic carbocycles. The van der Waals surface area contributed by atoms with Crippen molar-refractivity contribution in [2.75, 3.05) is 20.0 Å². The van der Waals surface area contributed by atoms with Crippen LogP contribution < -0.4 is 10.5 Å². The van der Waals surface area contributed by atoms with E-state index in [1.54, 1.807) is 30.3 Å². The molecule has 0 saturated carbocycles. The Morgan fingerprint density at radius 1 is 1.08 bits per heavy atom. The Morgan fingerprint density at radius 2 is 1.81 bits per heavy atom. The fourth-order valence-electron chi connectivity index (χ4n) is 2.43. The topological polar surface area (TPSA) is 101 Å². The van der Waals surface area contributed by atoms with Crippen LogP contribution in [-0.2, 0) is 16.1 Å². The number of nitrogens with zero attached hydrogens (tertiary/aromatic N) is 1. The lowest BCUT2D eigenvalue weighted by molar-refractivity contribution is 0.0591. The number of ether oxygens (including phenoxy) is 3. The van der Waals surface area contributed by atoms with Crippen LogP contribution in [0.1, 0.15) is 26.3 Å². The van der Waals surface area contributed by atoms with Gasteiger partial charge in [-0.25, -0.2) is 14.6 Å². The molecule has 1 aromatic heterocycles. The molecular weight excluding hydrogens is 356 g/mol. The molecule has 0 saturated heterocycles. The highest BCUT2D eigenvalue weighted by Gasteiger charge is 2.15. The number of nitrogens with two attached hydrogens (primary N) is 1. The molecule has 2 aromatic carbocycles. The normalized spacial score (nSPS) is 10.5. The van der Waals surface area contributed by atoms with Crippen molar-refractivity contribution in [1.82, 2.24) is 4.98 Å². The maximum atomic E-state index is 11.9. The fraction of sp³-hybridized carbons (Fsp3) is 0.167. The van der Waals surface area contributed by atoms with Crippen molar-refractivity contribution in [1.29, 1.82) is 0 Å². The summed E-state index contributed by atoms with van der Waals surface area (Å²) in [6, 6.07) is 10.1. The zero-order chi connectivity index (χ0) is 18.7. The van der Waals surface area contributed by atoms with Crippen molar-refractivity contribution in [3.05, 3.63) is 53.1 Å². The largest absolute Gasteiger partial charge is 0.487 e. The van der Waals surface area contributed by atoms with Crippen LogP contribution >= 0.6 is 11.3 Å². The average Bonchev–Trinajstić information content (AvgIpc) is 3.05. The van der Waals surface area contributed by atoms with Crippen LogP contribution in [0, 0.1) is 0 Å². The minimum atomic E-state index is -0.476. The molecule has 0 spiro atoms. The third-order valence-corrected chi connectivity index (χ3v) is 4.47. The summed E-state index contributed by atoms with van der Waals surface area (Å²) in [6.07, 6.45) is 0. The van der Waals surface area contributed by atoms with Crippen LogP contribution in [0.15, 0.2) is 36.4 Å². The molecule has 0 aliphatic heterocycles. The smallest absolute Gasteiger partial charge is 0.338 e. The van der Waals surface area contributed by atoms with Gasteiger partial charge in [-0.05, 0) is 29.8 Å². The zero-order valence-corrected chi connectivity index (χ0v) is 15.0. The first-order valence-corrected chi connectivity index (χ1v) is 8.42. The lowest BCUT2D eigenvalue weighted by Crippen LogP contribution is -2.04. The summed E-state index contributed by atoms with van der Waals surface area (Å²) in [6.45, 7) is 0.183. The Bertz CT molecular complexity index is 983. The molecule has 0 radical (unpaired) electrons. The van der Waals surface area contributed by atoms with Gasteiger partial charge < -0.3 is 19.9 Å². The maximum Gasteiger partial charge on any atom is 0.338 e. The summed E-state index contributed by atoms with van der Waals surface area (Å²) < 4.78 is 16.1. The second-order valence-electron chi connectivity index (χ2n) is 5.35. The number of methoxy groups -OCH3 is 2. The molecule has 2 N–H and O–H groups in total. The number of carbonyl (C=O) groups excluding carboxylic acids is 2. The van der Waals surface area contributed by atoms with Gasteiger partial charge in [0.1, 0.15) is 17.9 Å². The molecule has 0 amide bonds. The molecule has 134 valence electrons. The molecular formula is C18H16N2O5S. The number of aromatic nitrogens is 1. The van der Waals surface area contributed by atoms with E-state index in [-0.39, 0.29) is 6.61 Å². The van der Waals surface area contributed by atoms with Gasteiger partial charge in [-0.1, -0.05) is 23.5 Å². The first-order valence-electron chi connectivity index (χ1n) is 7.60. The van der Waals surface area contributed by atoms with Crippen molar-refractivity contribution in [3.63, 3.8) is 0 Å². The van der Waals surface area contributed by atoms with Crippen LogP contribution in [0.5, 0.6) is 5.75 Å². The van der Waals surface area contributed by atoms with E-state index in [1.807, 2.05) is 6.07 Å². The molecule has 7 nitrogen and oxygen atoms in total. The van der Waals surface area contributed by atoms with Gasteiger partial charge in [0.15, 0.2) is 5.13 Å². The molecule has 1 heterocycles. The molecule has 3 rings (SSSR count). The van der Waals surface area contributed by atoms with E-state index < -0.39 is 11.9 Å². The molecule has 8 heteroatoms. The average molecular weight is 372 g/mol. The Morgan fingerprint density at radius 3 is 2.54 bits per heavy atom. The van der Waals surface area contributed by atoms with E-state index in [1.165, 1.54) is 25.6 Å². The van der Waals surface area contributed by atoms with Gasteiger partial charge in [-0.3, -0.25) is 0 Å². The van der Waals surface area contributed by atoms with Crippen molar-refractivity contribution >= 4 is 38.6 Å². The molecule has 0 atom stereocenters. The van der Waals surface area contributed by atoms with E-state index in [2.05, 4.69) is 4.98 Å². The number of hydrogen-bond acceptors (Lipinski definition) is 8. The van der Waals surface area contributed by atoms with Gasteiger partial charge in [0.25, 0.3) is 0 Å². The monoisotopic (exact) mass is 372 g/mol. The number of esters is 2. The number of nitrogen functional groups attached to an aromatic ring is 1. The Kier molecular flexibility index (Phi) is 5.04. The van der Waals surface area contributed by atoms with Gasteiger partial charge >= 0.3 is 11.9 Å². The predicted octanol–water partition coefficient (Wildman–Crippen LogP) is 3.03. The van der Waals surface area contributed by atoms with Crippen molar-refractivity contribution in [2.45, 2.75) is 6.61 Å².